The maximum absolute atomic E-state index is 13.0. The maximum Gasteiger partial charge on any atom is 0.138 e. The summed E-state index contributed by atoms with van der Waals surface area (Å²) in [6.45, 7) is 6.88. The molecule has 3 unspecified atom stereocenters. The second kappa shape index (κ2) is 9.46. The number of nitrogens with one attached hydrogen (secondary N) is 2. The van der Waals surface area contributed by atoms with Crippen LogP contribution < -0.4 is 20.5 Å². The van der Waals surface area contributed by atoms with Crippen LogP contribution in [0.3, 0.4) is 0 Å². The average Bonchev–Trinajstić information content (AvgIpc) is 3.25. The quantitative estimate of drug-likeness (QED) is 0.796. The average molecular weight is 420 g/mol. The number of fused-ring (bicyclic) bond motifs is 3. The number of rotatable bonds is 4. The van der Waals surface area contributed by atoms with Crippen LogP contribution in [0.15, 0.2) is 36.4 Å². The van der Waals surface area contributed by atoms with Gasteiger partial charge in [-0.25, -0.2) is 4.39 Å². The van der Waals surface area contributed by atoms with Crippen LogP contribution in [0.1, 0.15) is 42.4 Å². The molecule has 0 aromatic heterocycles. The molecule has 1 heterocycles. The van der Waals surface area contributed by atoms with E-state index in [0.717, 1.165) is 24.4 Å². The first-order chi connectivity index (χ1) is 13.9. The maximum atomic E-state index is 13.0. The van der Waals surface area contributed by atoms with E-state index in [9.17, 15) is 14.3 Å². The van der Waals surface area contributed by atoms with Crippen molar-refractivity contribution < 1.29 is 19.0 Å². The minimum Gasteiger partial charge on any atom is -0.530 e. The highest BCUT2D eigenvalue weighted by Gasteiger charge is 2.41. The number of carbonyl (C=O) groups excluding carboxylic acids is 1. The summed E-state index contributed by atoms with van der Waals surface area (Å²) >= 11 is 6.42. The van der Waals surface area contributed by atoms with E-state index in [1.165, 1.54) is 23.3 Å². The number of carboxylic acid groups (broad SMARTS) is 1. The van der Waals surface area contributed by atoms with Gasteiger partial charge in [0.05, 0.1) is 5.02 Å². The zero-order valence-electron chi connectivity index (χ0n) is 16.5. The van der Waals surface area contributed by atoms with Gasteiger partial charge in [-0.05, 0) is 66.3 Å². The van der Waals surface area contributed by atoms with Gasteiger partial charge in [0.1, 0.15) is 24.3 Å². The number of hydrogen-bond acceptors (Lipinski definition) is 4. The molecule has 4 rings (SSSR count). The van der Waals surface area contributed by atoms with E-state index in [0.29, 0.717) is 35.9 Å². The van der Waals surface area contributed by atoms with Gasteiger partial charge >= 0.3 is 0 Å². The molecule has 3 atom stereocenters. The molecule has 29 heavy (non-hydrogen) atoms. The summed E-state index contributed by atoms with van der Waals surface area (Å²) in [5, 5.41) is 15.5. The molecule has 1 saturated heterocycles. The van der Waals surface area contributed by atoms with Crippen LogP contribution in [-0.2, 0) is 6.61 Å². The fourth-order valence-corrected chi connectivity index (χ4v) is 4.32. The first-order valence-electron chi connectivity index (χ1n) is 9.76. The Hall–Kier alpha value is -2.31. The Bertz CT molecular complexity index is 860. The predicted molar refractivity (Wildman–Crippen MR) is 109 cm³/mol. The molecule has 5 nitrogen and oxygen atoms in total. The normalized spacial score (nSPS) is 21.6. The Morgan fingerprint density at radius 2 is 2.00 bits per heavy atom. The molecule has 2 aliphatic rings. The van der Waals surface area contributed by atoms with Crippen LogP contribution >= 0.6 is 11.6 Å². The summed E-state index contributed by atoms with van der Waals surface area (Å²) < 4.78 is 18.9. The van der Waals surface area contributed by atoms with Crippen molar-refractivity contribution in [1.29, 1.82) is 0 Å². The highest BCUT2D eigenvalue weighted by atomic mass is 35.5. The van der Waals surface area contributed by atoms with Crippen molar-refractivity contribution in [2.24, 2.45) is 5.92 Å². The summed E-state index contributed by atoms with van der Waals surface area (Å²) in [5.74, 6) is 2.24. The molecule has 7 heteroatoms. The van der Waals surface area contributed by atoms with Crippen LogP contribution in [0, 0.1) is 11.7 Å². The molecule has 1 aliphatic carbocycles. The molecule has 1 aliphatic heterocycles. The lowest BCUT2D eigenvalue weighted by atomic mass is 9.91. The number of amides is 1. The third-order valence-corrected chi connectivity index (χ3v) is 5.86. The zero-order chi connectivity index (χ0) is 21.0. The van der Waals surface area contributed by atoms with Crippen molar-refractivity contribution in [3.05, 3.63) is 63.9 Å². The zero-order valence-corrected chi connectivity index (χ0v) is 17.3. The summed E-state index contributed by atoms with van der Waals surface area (Å²) in [5.41, 5.74) is 3.66. The van der Waals surface area contributed by atoms with Gasteiger partial charge in [0.25, 0.3) is 0 Å². The van der Waals surface area contributed by atoms with Crippen molar-refractivity contribution >= 4 is 17.7 Å². The van der Waals surface area contributed by atoms with Gasteiger partial charge in [-0.3, -0.25) is 0 Å². The van der Waals surface area contributed by atoms with Gasteiger partial charge < -0.3 is 25.3 Å². The molecule has 2 N–H and O–H groups in total. The van der Waals surface area contributed by atoms with Crippen molar-refractivity contribution in [3.63, 3.8) is 0 Å². The molecule has 2 aromatic rings. The second-order valence-corrected chi connectivity index (χ2v) is 7.77. The van der Waals surface area contributed by atoms with Crippen LogP contribution in [-0.4, -0.2) is 25.7 Å². The Kier molecular flexibility index (Phi) is 6.98. The van der Waals surface area contributed by atoms with Crippen LogP contribution in [0.2, 0.25) is 5.02 Å². The van der Waals surface area contributed by atoms with E-state index in [1.54, 1.807) is 19.1 Å². The summed E-state index contributed by atoms with van der Waals surface area (Å²) in [6, 6.07) is 10.5. The first-order valence-corrected chi connectivity index (χ1v) is 10.1. The molecule has 0 radical (unpaired) electrons. The largest absolute Gasteiger partial charge is 0.530 e. The molecular weight excluding hydrogens is 395 g/mol. The third kappa shape index (κ3) is 5.00. The summed E-state index contributed by atoms with van der Waals surface area (Å²) in [4.78, 5) is 9.38. The minimum absolute atomic E-state index is 0.238. The van der Waals surface area contributed by atoms with Crippen LogP contribution in [0.5, 0.6) is 5.75 Å². The number of ether oxygens (including phenoxy) is 1. The smallest absolute Gasteiger partial charge is 0.138 e. The number of benzene rings is 2. The first kappa shape index (κ1) is 21.4. The van der Waals surface area contributed by atoms with Gasteiger partial charge in [0, 0.05) is 19.0 Å². The summed E-state index contributed by atoms with van der Waals surface area (Å²) in [7, 11) is 0. The lowest BCUT2D eigenvalue weighted by Crippen LogP contribution is -2.35. The van der Waals surface area contributed by atoms with Gasteiger partial charge in [0.15, 0.2) is 0 Å². The molecule has 0 saturated carbocycles. The number of carbonyl (C=O) groups is 1. The standard InChI is InChI=1S/C19H19ClFNO.C3H7NO2/c1-11-14-6-18(20)19(7-15(14)17-9-22-8-16(11)17)23-10-12-2-4-13(21)5-3-12;1-2-4-3(5)6/h2-7,11,16-17,22H,8-10H2,1H3;4H,2H2,1H3,(H,5,6)/p-1. The van der Waals surface area contributed by atoms with E-state index in [1.807, 2.05) is 5.32 Å². The fraction of sp³-hybridized carbons (Fsp3) is 0.409. The molecule has 1 amide bonds. The van der Waals surface area contributed by atoms with Gasteiger partial charge in [-0.15, -0.1) is 0 Å². The van der Waals surface area contributed by atoms with E-state index in [-0.39, 0.29) is 5.82 Å². The van der Waals surface area contributed by atoms with Crippen LogP contribution in [0.25, 0.3) is 0 Å². The monoisotopic (exact) mass is 419 g/mol. The molecular formula is C22H25ClFN2O3-. The van der Waals surface area contributed by atoms with E-state index >= 15 is 0 Å². The predicted octanol–water partition coefficient (Wildman–Crippen LogP) is 3.42. The molecule has 0 bridgehead atoms. The van der Waals surface area contributed by atoms with Gasteiger partial charge in [-0.2, -0.15) is 0 Å². The lowest BCUT2D eigenvalue weighted by molar-refractivity contribution is -0.250. The summed E-state index contributed by atoms with van der Waals surface area (Å²) in [6.07, 6.45) is -1.21. The third-order valence-electron chi connectivity index (χ3n) is 5.56. The van der Waals surface area contributed by atoms with E-state index in [2.05, 4.69) is 24.4 Å². The Morgan fingerprint density at radius 3 is 2.62 bits per heavy atom. The van der Waals surface area contributed by atoms with Gasteiger partial charge in [0.2, 0.25) is 0 Å². The highest BCUT2D eigenvalue weighted by Crippen LogP contribution is 2.50. The number of halogens is 2. The SMILES string of the molecule is CC1c2cc(Cl)c(OCc3ccc(F)cc3)cc2C2CNCC12.CCNC(=O)[O-]. The topological polar surface area (TPSA) is 73.4 Å². The van der Waals surface area contributed by atoms with E-state index in [4.69, 9.17) is 16.3 Å². The minimum atomic E-state index is -1.21. The van der Waals surface area contributed by atoms with Crippen molar-refractivity contribution in [1.82, 2.24) is 10.6 Å². The Labute approximate surface area is 175 Å². The molecule has 0 spiro atoms. The van der Waals surface area contributed by atoms with Gasteiger partial charge in [-0.1, -0.05) is 30.7 Å². The van der Waals surface area contributed by atoms with E-state index < -0.39 is 6.09 Å². The van der Waals surface area contributed by atoms with Crippen LogP contribution in [0.4, 0.5) is 9.18 Å². The van der Waals surface area contributed by atoms with Crippen molar-refractivity contribution in [2.45, 2.75) is 32.3 Å². The molecule has 156 valence electrons. The molecule has 1 fully saturated rings. The number of hydrogen-bond donors (Lipinski definition) is 2. The second-order valence-electron chi connectivity index (χ2n) is 7.36. The van der Waals surface area contributed by atoms with Crippen molar-refractivity contribution in [2.75, 3.05) is 19.6 Å². The fourth-order valence-electron chi connectivity index (χ4n) is 4.09. The van der Waals surface area contributed by atoms with Crippen molar-refractivity contribution in [3.8, 4) is 5.75 Å². The Morgan fingerprint density at radius 1 is 1.28 bits per heavy atom. The highest BCUT2D eigenvalue weighted by molar-refractivity contribution is 6.32. The lowest BCUT2D eigenvalue weighted by Gasteiger charge is -2.14. The molecule has 2 aromatic carbocycles. The Balaban J connectivity index is 0.000000353.